The fraction of sp³-hybridized carbons (Fsp3) is 0.294. The molecule has 0 aliphatic rings. The summed E-state index contributed by atoms with van der Waals surface area (Å²) in [6.07, 6.45) is -10.2. The molecule has 1 N–H and O–H groups in total. The Hall–Kier alpha value is -2.78. The maximum Gasteiger partial charge on any atom is 0.417 e. The number of carboxylic acid groups (broad SMARTS) is 1. The Bertz CT molecular complexity index is 868. The van der Waals surface area contributed by atoms with Crippen molar-refractivity contribution in [1.82, 2.24) is 4.57 Å². The zero-order valence-corrected chi connectivity index (χ0v) is 13.5. The summed E-state index contributed by atoms with van der Waals surface area (Å²) in [5, 5.41) is 8.99. The molecule has 0 aliphatic heterocycles. The van der Waals surface area contributed by atoms with Gasteiger partial charge in [-0.15, -0.1) is 0 Å². The molecule has 2 rings (SSSR count). The van der Waals surface area contributed by atoms with E-state index in [1.165, 1.54) is 12.1 Å². The summed E-state index contributed by atoms with van der Waals surface area (Å²) in [5.41, 5.74) is -1.47. The van der Waals surface area contributed by atoms with Crippen LogP contribution in [0.4, 0.5) is 26.3 Å². The predicted molar refractivity (Wildman–Crippen MR) is 82.3 cm³/mol. The van der Waals surface area contributed by atoms with E-state index in [9.17, 15) is 35.9 Å². The summed E-state index contributed by atoms with van der Waals surface area (Å²) in [5.74, 6) is -3.44. The van der Waals surface area contributed by atoms with Crippen molar-refractivity contribution in [2.75, 3.05) is 0 Å². The Morgan fingerprint density at radius 2 is 1.59 bits per heavy atom. The molecule has 10 heteroatoms. The van der Waals surface area contributed by atoms with Crippen LogP contribution in [0.3, 0.4) is 0 Å². The smallest absolute Gasteiger partial charge is 0.417 e. The number of aromatic nitrogens is 1. The van der Waals surface area contributed by atoms with E-state index >= 15 is 0 Å². The SMILES string of the molecule is O=C(O)[C@@H](CC(F)(F)F)c1ccc(Cn2cc(C(F)(F)F)ccc2=O)cc1. The number of hydrogen-bond donors (Lipinski definition) is 1. The lowest BCUT2D eigenvalue weighted by Gasteiger charge is -2.16. The summed E-state index contributed by atoms with van der Waals surface area (Å²) in [4.78, 5) is 22.8. The van der Waals surface area contributed by atoms with E-state index in [1.807, 2.05) is 0 Å². The highest BCUT2D eigenvalue weighted by atomic mass is 19.4. The van der Waals surface area contributed by atoms with Gasteiger partial charge in [0.15, 0.2) is 0 Å². The maximum absolute atomic E-state index is 12.7. The first-order valence-electron chi connectivity index (χ1n) is 7.53. The van der Waals surface area contributed by atoms with Crippen LogP contribution in [0.1, 0.15) is 29.0 Å². The molecule has 2 aromatic rings. The topological polar surface area (TPSA) is 59.3 Å². The molecule has 4 nitrogen and oxygen atoms in total. The molecule has 0 radical (unpaired) electrons. The van der Waals surface area contributed by atoms with Gasteiger partial charge in [-0.3, -0.25) is 9.59 Å². The third-order valence-electron chi connectivity index (χ3n) is 3.78. The second-order valence-corrected chi connectivity index (χ2v) is 5.83. The Morgan fingerprint density at radius 1 is 1.00 bits per heavy atom. The van der Waals surface area contributed by atoms with Crippen molar-refractivity contribution in [3.05, 3.63) is 69.6 Å². The molecule has 0 fully saturated rings. The summed E-state index contributed by atoms with van der Waals surface area (Å²) in [6, 6.07) is 6.26. The zero-order valence-electron chi connectivity index (χ0n) is 13.5. The highest BCUT2D eigenvalue weighted by Gasteiger charge is 2.36. The summed E-state index contributed by atoms with van der Waals surface area (Å²) in [7, 11) is 0. The molecule has 0 spiro atoms. The van der Waals surface area contributed by atoms with E-state index < -0.39 is 41.8 Å². The summed E-state index contributed by atoms with van der Waals surface area (Å²) in [6.45, 7) is -0.250. The van der Waals surface area contributed by atoms with Crippen molar-refractivity contribution in [3.63, 3.8) is 0 Å². The first-order chi connectivity index (χ1) is 12.4. The van der Waals surface area contributed by atoms with Crippen LogP contribution in [0.5, 0.6) is 0 Å². The molecule has 0 saturated heterocycles. The van der Waals surface area contributed by atoms with E-state index in [-0.39, 0.29) is 12.1 Å². The second-order valence-electron chi connectivity index (χ2n) is 5.83. The van der Waals surface area contributed by atoms with Crippen LogP contribution >= 0.6 is 0 Å². The van der Waals surface area contributed by atoms with Crippen molar-refractivity contribution < 1.29 is 36.2 Å². The van der Waals surface area contributed by atoms with E-state index in [1.54, 1.807) is 0 Å². The highest BCUT2D eigenvalue weighted by molar-refractivity contribution is 5.76. The van der Waals surface area contributed by atoms with Crippen molar-refractivity contribution >= 4 is 5.97 Å². The number of carbonyl (C=O) groups is 1. The molecule has 27 heavy (non-hydrogen) atoms. The molecule has 0 saturated carbocycles. The third-order valence-corrected chi connectivity index (χ3v) is 3.78. The fourth-order valence-electron chi connectivity index (χ4n) is 2.45. The van der Waals surface area contributed by atoms with Crippen LogP contribution < -0.4 is 5.56 Å². The highest BCUT2D eigenvalue weighted by Crippen LogP contribution is 2.32. The molecular weight excluding hydrogens is 380 g/mol. The van der Waals surface area contributed by atoms with Gasteiger partial charge >= 0.3 is 18.3 Å². The molecule has 0 amide bonds. The van der Waals surface area contributed by atoms with Crippen LogP contribution in [0.15, 0.2) is 47.4 Å². The fourth-order valence-corrected chi connectivity index (χ4v) is 2.45. The molecule has 1 atom stereocenters. The number of nitrogens with zero attached hydrogens (tertiary/aromatic N) is 1. The van der Waals surface area contributed by atoms with Crippen LogP contribution in [-0.2, 0) is 17.5 Å². The predicted octanol–water partition coefficient (Wildman–Crippen LogP) is 4.04. The van der Waals surface area contributed by atoms with Gasteiger partial charge in [0.1, 0.15) is 0 Å². The summed E-state index contributed by atoms with van der Waals surface area (Å²) < 4.78 is 76.5. The maximum atomic E-state index is 12.7. The number of pyridine rings is 1. The largest absolute Gasteiger partial charge is 0.481 e. The van der Waals surface area contributed by atoms with Crippen LogP contribution in [0.25, 0.3) is 0 Å². The molecule has 1 aromatic carbocycles. The molecular formula is C17H13F6NO3. The Labute approximate surface area is 148 Å². The Kier molecular flexibility index (Phi) is 5.67. The quantitative estimate of drug-likeness (QED) is 0.781. The minimum Gasteiger partial charge on any atom is -0.481 e. The van der Waals surface area contributed by atoms with Gasteiger partial charge in [0.2, 0.25) is 0 Å². The normalized spacial score (nSPS) is 13.4. The van der Waals surface area contributed by atoms with Gasteiger partial charge in [-0.25, -0.2) is 0 Å². The summed E-state index contributed by atoms with van der Waals surface area (Å²) >= 11 is 0. The molecule has 146 valence electrons. The van der Waals surface area contributed by atoms with E-state index in [4.69, 9.17) is 5.11 Å². The third kappa shape index (κ3) is 5.60. The van der Waals surface area contributed by atoms with Gasteiger partial charge in [0.25, 0.3) is 5.56 Å². The van der Waals surface area contributed by atoms with Gasteiger partial charge in [-0.2, -0.15) is 26.3 Å². The number of alkyl halides is 6. The number of halogens is 6. The van der Waals surface area contributed by atoms with Gasteiger partial charge in [-0.05, 0) is 17.2 Å². The van der Waals surface area contributed by atoms with Gasteiger partial charge in [0.05, 0.1) is 24.4 Å². The molecule has 0 unspecified atom stereocenters. The number of rotatable bonds is 5. The van der Waals surface area contributed by atoms with Gasteiger partial charge in [0, 0.05) is 12.3 Å². The first-order valence-corrected chi connectivity index (χ1v) is 7.53. The van der Waals surface area contributed by atoms with Crippen LogP contribution in [0.2, 0.25) is 0 Å². The van der Waals surface area contributed by atoms with Gasteiger partial charge in [-0.1, -0.05) is 24.3 Å². The molecule has 1 aromatic heterocycles. The second kappa shape index (κ2) is 7.45. The van der Waals surface area contributed by atoms with Crippen LogP contribution in [-0.4, -0.2) is 21.8 Å². The lowest BCUT2D eigenvalue weighted by Crippen LogP contribution is -2.22. The minimum absolute atomic E-state index is 0.0973. The zero-order chi connectivity index (χ0) is 20.4. The number of hydrogen-bond acceptors (Lipinski definition) is 2. The number of carboxylic acids is 1. The minimum atomic E-state index is -4.67. The van der Waals surface area contributed by atoms with Crippen molar-refractivity contribution in [2.24, 2.45) is 0 Å². The van der Waals surface area contributed by atoms with Crippen molar-refractivity contribution in [3.8, 4) is 0 Å². The lowest BCUT2D eigenvalue weighted by atomic mass is 9.94. The Balaban J connectivity index is 2.26. The standard InChI is InChI=1S/C17H13F6NO3/c18-16(19,20)7-13(15(26)27)11-3-1-10(2-4-11)8-24-9-12(17(21,22)23)5-6-14(24)25/h1-6,9,13H,7-8H2,(H,26,27)/t13-/m0/s1. The molecule has 0 bridgehead atoms. The van der Waals surface area contributed by atoms with Crippen molar-refractivity contribution in [1.29, 1.82) is 0 Å². The van der Waals surface area contributed by atoms with Crippen molar-refractivity contribution in [2.45, 2.75) is 31.2 Å². The Morgan fingerprint density at radius 3 is 2.07 bits per heavy atom. The van der Waals surface area contributed by atoms with Gasteiger partial charge < -0.3 is 9.67 Å². The molecule has 0 aliphatic carbocycles. The van der Waals surface area contributed by atoms with E-state index in [2.05, 4.69) is 0 Å². The van der Waals surface area contributed by atoms with E-state index in [0.717, 1.165) is 22.8 Å². The van der Waals surface area contributed by atoms with E-state index in [0.29, 0.717) is 17.8 Å². The van der Waals surface area contributed by atoms with Crippen LogP contribution in [0, 0.1) is 0 Å². The number of aliphatic carboxylic acids is 1. The molecule has 1 heterocycles. The number of benzene rings is 1. The monoisotopic (exact) mass is 393 g/mol. The first kappa shape index (κ1) is 20.5. The average molecular weight is 393 g/mol. The average Bonchev–Trinajstić information content (AvgIpc) is 2.53. The lowest BCUT2D eigenvalue weighted by molar-refractivity contribution is -0.157.